The van der Waals surface area contributed by atoms with Crippen LogP contribution in [0.1, 0.15) is 29.0 Å². The molecular weight excluding hydrogens is 312 g/mol. The summed E-state index contributed by atoms with van der Waals surface area (Å²) in [6, 6.07) is 15.9. The number of halogens is 1. The number of rotatable bonds is 3. The fourth-order valence-corrected chi connectivity index (χ4v) is 2.81. The number of H-pyrrole nitrogens is 1. The summed E-state index contributed by atoms with van der Waals surface area (Å²) >= 11 is 6.14. The average molecular weight is 327 g/mol. The van der Waals surface area contributed by atoms with Crippen LogP contribution in [0.3, 0.4) is 0 Å². The minimum atomic E-state index is -0.347. The molecule has 2 N–H and O–H groups in total. The largest absolute Gasteiger partial charge is 0.344 e. The van der Waals surface area contributed by atoms with E-state index in [4.69, 9.17) is 11.6 Å². The highest BCUT2D eigenvalue weighted by Gasteiger charge is 2.15. The van der Waals surface area contributed by atoms with Gasteiger partial charge in [-0.3, -0.25) is 9.59 Å². The van der Waals surface area contributed by atoms with E-state index in [1.807, 2.05) is 31.2 Å². The molecule has 2 aromatic carbocycles. The number of aromatic amines is 1. The molecule has 0 aliphatic rings. The van der Waals surface area contributed by atoms with Gasteiger partial charge in [0.2, 0.25) is 0 Å². The van der Waals surface area contributed by atoms with Crippen molar-refractivity contribution >= 4 is 28.3 Å². The van der Waals surface area contributed by atoms with Crippen molar-refractivity contribution in [3.8, 4) is 0 Å². The first-order valence-corrected chi connectivity index (χ1v) is 7.61. The van der Waals surface area contributed by atoms with Crippen molar-refractivity contribution in [3.63, 3.8) is 0 Å². The number of nitrogens with one attached hydrogen (secondary N) is 2. The lowest BCUT2D eigenvalue weighted by atomic mass is 10.1. The summed E-state index contributed by atoms with van der Waals surface area (Å²) < 4.78 is 0. The molecule has 3 rings (SSSR count). The molecule has 0 aliphatic carbocycles. The summed E-state index contributed by atoms with van der Waals surface area (Å²) in [5.41, 5.74) is 0.775. The first kappa shape index (κ1) is 15.3. The van der Waals surface area contributed by atoms with Crippen LogP contribution in [0, 0.1) is 0 Å². The van der Waals surface area contributed by atoms with Gasteiger partial charge in [-0.2, -0.15) is 0 Å². The number of hydrogen-bond acceptors (Lipinski definition) is 2. The predicted octanol–water partition coefficient (Wildman–Crippen LogP) is 3.67. The van der Waals surface area contributed by atoms with Crippen LogP contribution in [0.5, 0.6) is 0 Å². The fourth-order valence-electron chi connectivity index (χ4n) is 2.51. The van der Waals surface area contributed by atoms with Gasteiger partial charge in [0.25, 0.3) is 11.5 Å². The van der Waals surface area contributed by atoms with Crippen LogP contribution in [0.15, 0.2) is 59.4 Å². The Morgan fingerprint density at radius 1 is 1.13 bits per heavy atom. The van der Waals surface area contributed by atoms with E-state index in [1.54, 1.807) is 30.3 Å². The SMILES string of the molecule is CC(NC(=O)c1cc2ccccc2c(=O)[nH]1)c1ccccc1Cl. The van der Waals surface area contributed by atoms with Gasteiger partial charge in [0.1, 0.15) is 5.69 Å². The van der Waals surface area contributed by atoms with E-state index in [0.29, 0.717) is 10.4 Å². The molecule has 23 heavy (non-hydrogen) atoms. The Morgan fingerprint density at radius 3 is 2.61 bits per heavy atom. The first-order valence-electron chi connectivity index (χ1n) is 7.23. The van der Waals surface area contributed by atoms with E-state index < -0.39 is 0 Å². The number of pyridine rings is 1. The number of carbonyl (C=O) groups excluding carboxylic acids is 1. The molecule has 3 aromatic rings. The molecule has 1 unspecified atom stereocenters. The third-order valence-corrected chi connectivity index (χ3v) is 4.06. The zero-order valence-corrected chi connectivity index (χ0v) is 13.2. The maximum atomic E-state index is 12.4. The number of fused-ring (bicyclic) bond motifs is 1. The molecule has 116 valence electrons. The quantitative estimate of drug-likeness (QED) is 0.771. The van der Waals surface area contributed by atoms with Crippen LogP contribution in [-0.2, 0) is 0 Å². The zero-order valence-electron chi connectivity index (χ0n) is 12.5. The standard InChI is InChI=1S/C18H15ClN2O2/c1-11(13-7-4-5-9-15(13)19)20-18(23)16-10-12-6-2-3-8-14(12)17(22)21-16/h2-11H,1H3,(H,20,23)(H,21,22). The molecule has 0 spiro atoms. The van der Waals surface area contributed by atoms with Gasteiger partial charge >= 0.3 is 0 Å². The molecule has 0 bridgehead atoms. The number of amides is 1. The van der Waals surface area contributed by atoms with Gasteiger partial charge in [0, 0.05) is 10.4 Å². The predicted molar refractivity (Wildman–Crippen MR) is 91.9 cm³/mol. The summed E-state index contributed by atoms with van der Waals surface area (Å²) in [6.45, 7) is 1.85. The minimum absolute atomic E-state index is 0.229. The number of aromatic nitrogens is 1. The molecule has 1 aromatic heterocycles. The van der Waals surface area contributed by atoms with E-state index in [1.165, 1.54) is 0 Å². The Bertz CT molecular complexity index is 933. The van der Waals surface area contributed by atoms with Crippen LogP contribution in [0.25, 0.3) is 10.8 Å². The van der Waals surface area contributed by atoms with Gasteiger partial charge < -0.3 is 10.3 Å². The number of benzene rings is 2. The summed E-state index contributed by atoms with van der Waals surface area (Å²) in [5, 5.41) is 4.73. The molecule has 1 heterocycles. The van der Waals surface area contributed by atoms with Crippen LogP contribution in [0.4, 0.5) is 0 Å². The molecule has 1 amide bonds. The highest BCUT2D eigenvalue weighted by atomic mass is 35.5. The van der Waals surface area contributed by atoms with Gasteiger partial charge in [-0.05, 0) is 36.1 Å². The average Bonchev–Trinajstić information content (AvgIpc) is 2.55. The van der Waals surface area contributed by atoms with Gasteiger partial charge in [-0.25, -0.2) is 0 Å². The lowest BCUT2D eigenvalue weighted by Gasteiger charge is -2.15. The highest BCUT2D eigenvalue weighted by molar-refractivity contribution is 6.31. The Balaban J connectivity index is 1.89. The summed E-state index contributed by atoms with van der Waals surface area (Å²) in [6.07, 6.45) is 0. The van der Waals surface area contributed by atoms with Crippen molar-refractivity contribution in [1.29, 1.82) is 0 Å². The molecular formula is C18H15ClN2O2. The van der Waals surface area contributed by atoms with Gasteiger partial charge in [-0.1, -0.05) is 48.0 Å². The van der Waals surface area contributed by atoms with E-state index in [0.717, 1.165) is 10.9 Å². The van der Waals surface area contributed by atoms with E-state index in [-0.39, 0.29) is 23.2 Å². The molecule has 0 saturated carbocycles. The molecule has 4 nitrogen and oxygen atoms in total. The van der Waals surface area contributed by atoms with E-state index in [2.05, 4.69) is 10.3 Å². The fraction of sp³-hybridized carbons (Fsp3) is 0.111. The van der Waals surface area contributed by atoms with E-state index in [9.17, 15) is 9.59 Å². The molecule has 0 fully saturated rings. The lowest BCUT2D eigenvalue weighted by molar-refractivity contribution is 0.0935. The molecule has 0 radical (unpaired) electrons. The van der Waals surface area contributed by atoms with E-state index >= 15 is 0 Å². The second-order valence-electron chi connectivity index (χ2n) is 5.32. The Labute approximate surface area is 138 Å². The van der Waals surface area contributed by atoms with Crippen molar-refractivity contribution in [1.82, 2.24) is 10.3 Å². The van der Waals surface area contributed by atoms with Crippen LogP contribution in [0.2, 0.25) is 5.02 Å². The van der Waals surface area contributed by atoms with Gasteiger partial charge in [0.05, 0.1) is 6.04 Å². The van der Waals surface area contributed by atoms with Crippen molar-refractivity contribution < 1.29 is 4.79 Å². The van der Waals surface area contributed by atoms with Crippen molar-refractivity contribution in [2.24, 2.45) is 0 Å². The van der Waals surface area contributed by atoms with Crippen molar-refractivity contribution in [3.05, 3.63) is 81.2 Å². The Kier molecular flexibility index (Phi) is 4.17. The summed E-state index contributed by atoms with van der Waals surface area (Å²) in [4.78, 5) is 27.1. The Hall–Kier alpha value is -2.59. The second-order valence-corrected chi connectivity index (χ2v) is 5.72. The normalized spacial score (nSPS) is 12.1. The molecule has 1 atom stereocenters. The van der Waals surface area contributed by atoms with Crippen LogP contribution < -0.4 is 10.9 Å². The molecule has 5 heteroatoms. The third kappa shape index (κ3) is 3.12. The summed E-state index contributed by atoms with van der Waals surface area (Å²) in [7, 11) is 0. The molecule has 0 aliphatic heterocycles. The summed E-state index contributed by atoms with van der Waals surface area (Å²) in [5.74, 6) is -0.347. The number of carbonyl (C=O) groups is 1. The maximum Gasteiger partial charge on any atom is 0.268 e. The zero-order chi connectivity index (χ0) is 16.4. The van der Waals surface area contributed by atoms with Gasteiger partial charge in [0.15, 0.2) is 0 Å². The van der Waals surface area contributed by atoms with Crippen molar-refractivity contribution in [2.75, 3.05) is 0 Å². The maximum absolute atomic E-state index is 12.4. The second kappa shape index (κ2) is 6.26. The topological polar surface area (TPSA) is 62.0 Å². The monoisotopic (exact) mass is 326 g/mol. The minimum Gasteiger partial charge on any atom is -0.344 e. The smallest absolute Gasteiger partial charge is 0.268 e. The van der Waals surface area contributed by atoms with Crippen molar-refractivity contribution in [2.45, 2.75) is 13.0 Å². The number of hydrogen-bond donors (Lipinski definition) is 2. The molecule has 0 saturated heterocycles. The highest BCUT2D eigenvalue weighted by Crippen LogP contribution is 2.22. The third-order valence-electron chi connectivity index (χ3n) is 3.72. The van der Waals surface area contributed by atoms with Crippen LogP contribution in [-0.4, -0.2) is 10.9 Å². The first-order chi connectivity index (χ1) is 11.1. The van der Waals surface area contributed by atoms with Gasteiger partial charge in [-0.15, -0.1) is 0 Å². The lowest BCUT2D eigenvalue weighted by Crippen LogP contribution is -2.29. The Morgan fingerprint density at radius 2 is 1.83 bits per heavy atom. The van der Waals surface area contributed by atoms with Crippen LogP contribution >= 0.6 is 11.6 Å².